The van der Waals surface area contributed by atoms with Crippen molar-refractivity contribution in [1.82, 2.24) is 19.7 Å². The van der Waals surface area contributed by atoms with Crippen molar-refractivity contribution in [1.29, 1.82) is 0 Å². The Labute approximate surface area is 147 Å². The van der Waals surface area contributed by atoms with Crippen LogP contribution < -0.4 is 0 Å². The number of hydrogen-bond acceptors (Lipinski definition) is 4. The molecule has 3 rings (SSSR count). The fourth-order valence-electron chi connectivity index (χ4n) is 3.09. The summed E-state index contributed by atoms with van der Waals surface area (Å²) < 4.78 is 2.00. The summed E-state index contributed by atoms with van der Waals surface area (Å²) in [5.74, 6) is 1.21. The molecule has 1 aromatic carbocycles. The molecule has 24 heavy (non-hydrogen) atoms. The van der Waals surface area contributed by atoms with E-state index in [1.54, 1.807) is 6.33 Å². The largest absolute Gasteiger partial charge is 0.342 e. The molecule has 0 radical (unpaired) electrons. The molecule has 0 bridgehead atoms. The van der Waals surface area contributed by atoms with Crippen LogP contribution >= 0.6 is 11.8 Å². The van der Waals surface area contributed by atoms with Crippen molar-refractivity contribution in [3.05, 3.63) is 42.2 Å². The molecule has 0 N–H and O–H groups in total. The number of rotatable bonds is 5. The summed E-state index contributed by atoms with van der Waals surface area (Å²) in [6.45, 7) is 5.86. The molecule has 0 spiro atoms. The number of nitrogens with zero attached hydrogens (tertiary/aromatic N) is 4. The van der Waals surface area contributed by atoms with Crippen LogP contribution in [0.5, 0.6) is 0 Å². The Morgan fingerprint density at radius 2 is 1.96 bits per heavy atom. The number of hydrogen-bond donors (Lipinski definition) is 0. The number of aromatic nitrogens is 3. The molecular weight excluding hydrogens is 320 g/mol. The Balaban J connectivity index is 1.49. The molecule has 1 aliphatic rings. The van der Waals surface area contributed by atoms with E-state index in [4.69, 9.17) is 0 Å². The van der Waals surface area contributed by atoms with Crippen LogP contribution in [0.15, 0.2) is 41.8 Å². The first-order chi connectivity index (χ1) is 11.6. The highest BCUT2D eigenvalue weighted by Crippen LogP contribution is 2.28. The third kappa shape index (κ3) is 3.98. The van der Waals surface area contributed by atoms with Gasteiger partial charge in [-0.3, -0.25) is 4.79 Å². The second kappa shape index (κ2) is 7.83. The first-order valence-electron chi connectivity index (χ1n) is 8.50. The third-order valence-electron chi connectivity index (χ3n) is 4.54. The van der Waals surface area contributed by atoms with Gasteiger partial charge < -0.3 is 9.47 Å². The first kappa shape index (κ1) is 17.0. The highest BCUT2D eigenvalue weighted by atomic mass is 32.2. The zero-order chi connectivity index (χ0) is 16.9. The lowest BCUT2D eigenvalue weighted by Gasteiger charge is -2.32. The minimum Gasteiger partial charge on any atom is -0.342 e. The molecule has 6 heteroatoms. The maximum atomic E-state index is 12.5. The molecule has 2 heterocycles. The minimum atomic E-state index is 0.199. The lowest BCUT2D eigenvalue weighted by atomic mass is 9.89. The van der Waals surface area contributed by atoms with Gasteiger partial charge in [-0.1, -0.05) is 42.1 Å². The lowest BCUT2D eigenvalue weighted by molar-refractivity contribution is -0.129. The number of thioether (sulfide) groups is 1. The Kier molecular flexibility index (Phi) is 5.56. The van der Waals surface area contributed by atoms with Gasteiger partial charge in [-0.25, -0.2) is 0 Å². The van der Waals surface area contributed by atoms with E-state index in [-0.39, 0.29) is 5.91 Å². The monoisotopic (exact) mass is 344 g/mol. The Morgan fingerprint density at radius 3 is 2.62 bits per heavy atom. The summed E-state index contributed by atoms with van der Waals surface area (Å²) in [6.07, 6.45) is 3.81. The molecule has 1 saturated heterocycles. The Hall–Kier alpha value is -1.82. The maximum absolute atomic E-state index is 12.5. The van der Waals surface area contributed by atoms with E-state index < -0.39 is 0 Å². The molecule has 2 aromatic rings. The van der Waals surface area contributed by atoms with Crippen LogP contribution in [0.25, 0.3) is 0 Å². The van der Waals surface area contributed by atoms with Gasteiger partial charge in [-0.05, 0) is 38.2 Å². The summed E-state index contributed by atoms with van der Waals surface area (Å²) in [4.78, 5) is 14.5. The van der Waals surface area contributed by atoms with Crippen LogP contribution in [0.3, 0.4) is 0 Å². The zero-order valence-corrected chi connectivity index (χ0v) is 15.1. The van der Waals surface area contributed by atoms with Gasteiger partial charge in [0.1, 0.15) is 6.33 Å². The average molecular weight is 344 g/mol. The predicted octanol–water partition coefficient (Wildman–Crippen LogP) is 3.36. The van der Waals surface area contributed by atoms with Gasteiger partial charge in [0.2, 0.25) is 5.91 Å². The molecule has 0 aliphatic carbocycles. The van der Waals surface area contributed by atoms with Gasteiger partial charge in [0.15, 0.2) is 5.16 Å². The highest BCUT2D eigenvalue weighted by molar-refractivity contribution is 7.99. The Morgan fingerprint density at radius 1 is 1.25 bits per heavy atom. The van der Waals surface area contributed by atoms with Crippen LogP contribution in [0, 0.1) is 0 Å². The smallest absolute Gasteiger partial charge is 0.233 e. The number of carbonyl (C=O) groups excluding carboxylic acids is 1. The van der Waals surface area contributed by atoms with Crippen molar-refractivity contribution in [3.8, 4) is 0 Å². The molecule has 0 atom stereocenters. The Bertz CT molecular complexity index is 663. The SMILES string of the molecule is CC(C)n1cnnc1SCC(=O)N1CCC(c2ccccc2)CC1. The first-order valence-corrected chi connectivity index (χ1v) is 9.48. The van der Waals surface area contributed by atoms with E-state index >= 15 is 0 Å². The van der Waals surface area contributed by atoms with Crippen molar-refractivity contribution in [2.45, 2.75) is 43.8 Å². The fraction of sp³-hybridized carbons (Fsp3) is 0.500. The van der Waals surface area contributed by atoms with Crippen LogP contribution in [-0.2, 0) is 4.79 Å². The summed E-state index contributed by atoms with van der Waals surface area (Å²) in [5.41, 5.74) is 1.39. The predicted molar refractivity (Wildman–Crippen MR) is 96.1 cm³/mol. The van der Waals surface area contributed by atoms with Gasteiger partial charge in [0, 0.05) is 19.1 Å². The molecule has 0 saturated carbocycles. The summed E-state index contributed by atoms with van der Waals surface area (Å²) in [7, 11) is 0. The molecule has 1 aromatic heterocycles. The van der Waals surface area contributed by atoms with Crippen molar-refractivity contribution in [2.24, 2.45) is 0 Å². The number of benzene rings is 1. The van der Waals surface area contributed by atoms with Gasteiger partial charge in [-0.15, -0.1) is 10.2 Å². The second-order valence-corrected chi connectivity index (χ2v) is 7.41. The second-order valence-electron chi connectivity index (χ2n) is 6.47. The zero-order valence-electron chi connectivity index (χ0n) is 14.3. The topological polar surface area (TPSA) is 51.0 Å². The normalized spacial score (nSPS) is 15.9. The van der Waals surface area contributed by atoms with E-state index in [0.717, 1.165) is 31.1 Å². The standard InChI is InChI=1S/C18H24N4OS/c1-14(2)22-13-19-20-18(22)24-12-17(23)21-10-8-16(9-11-21)15-6-4-3-5-7-15/h3-7,13-14,16H,8-12H2,1-2H3. The number of amides is 1. The van der Waals surface area contributed by atoms with Gasteiger partial charge in [0.05, 0.1) is 5.75 Å². The van der Waals surface area contributed by atoms with Gasteiger partial charge >= 0.3 is 0 Å². The molecule has 0 unspecified atom stereocenters. The van der Waals surface area contributed by atoms with Crippen molar-refractivity contribution >= 4 is 17.7 Å². The van der Waals surface area contributed by atoms with Crippen molar-refractivity contribution in [3.63, 3.8) is 0 Å². The van der Waals surface area contributed by atoms with Crippen molar-refractivity contribution in [2.75, 3.05) is 18.8 Å². The minimum absolute atomic E-state index is 0.199. The molecule has 1 fully saturated rings. The van der Waals surface area contributed by atoms with Crippen LogP contribution in [-0.4, -0.2) is 44.4 Å². The summed E-state index contributed by atoms with van der Waals surface area (Å²) in [5, 5.41) is 8.87. The van der Waals surface area contributed by atoms with Crippen LogP contribution in [0.1, 0.15) is 44.2 Å². The third-order valence-corrected chi connectivity index (χ3v) is 5.48. The number of likely N-dealkylation sites (tertiary alicyclic amines) is 1. The molecule has 128 valence electrons. The van der Waals surface area contributed by atoms with Crippen LogP contribution in [0.4, 0.5) is 0 Å². The number of carbonyl (C=O) groups is 1. The van der Waals surface area contributed by atoms with Crippen LogP contribution in [0.2, 0.25) is 0 Å². The number of piperidine rings is 1. The molecule has 5 nitrogen and oxygen atoms in total. The van der Waals surface area contributed by atoms with E-state index in [2.05, 4.69) is 54.4 Å². The van der Waals surface area contributed by atoms with Gasteiger partial charge in [0.25, 0.3) is 0 Å². The highest BCUT2D eigenvalue weighted by Gasteiger charge is 2.24. The van der Waals surface area contributed by atoms with Gasteiger partial charge in [-0.2, -0.15) is 0 Å². The van der Waals surface area contributed by atoms with E-state index in [1.807, 2.05) is 9.47 Å². The summed E-state index contributed by atoms with van der Waals surface area (Å²) >= 11 is 1.48. The van der Waals surface area contributed by atoms with E-state index in [1.165, 1.54) is 17.3 Å². The maximum Gasteiger partial charge on any atom is 0.233 e. The fourth-order valence-corrected chi connectivity index (χ4v) is 4.04. The van der Waals surface area contributed by atoms with E-state index in [0.29, 0.717) is 17.7 Å². The quantitative estimate of drug-likeness (QED) is 0.781. The molecule has 1 aliphatic heterocycles. The summed E-state index contributed by atoms with van der Waals surface area (Å²) in [6, 6.07) is 10.9. The average Bonchev–Trinajstić information content (AvgIpc) is 3.09. The molecular formula is C18H24N4OS. The van der Waals surface area contributed by atoms with E-state index in [9.17, 15) is 4.79 Å². The molecule has 1 amide bonds. The van der Waals surface area contributed by atoms with Crippen molar-refractivity contribution < 1.29 is 4.79 Å². The lowest BCUT2D eigenvalue weighted by Crippen LogP contribution is -2.39.